The second-order valence-corrected chi connectivity index (χ2v) is 12.6. The zero-order valence-corrected chi connectivity index (χ0v) is 32.2. The number of hydrogen-bond acceptors (Lipinski definition) is 14. The highest BCUT2D eigenvalue weighted by atomic mass is 79.9. The van der Waals surface area contributed by atoms with Gasteiger partial charge in [0.15, 0.2) is 34.4 Å². The quantitative estimate of drug-likeness (QED) is 0.144. The van der Waals surface area contributed by atoms with Gasteiger partial charge in [-0.3, -0.25) is 0 Å². The molecule has 296 valence electrons. The van der Waals surface area contributed by atoms with Gasteiger partial charge in [-0.1, -0.05) is 0 Å². The highest BCUT2D eigenvalue weighted by Gasteiger charge is 2.35. The van der Waals surface area contributed by atoms with Gasteiger partial charge >= 0.3 is 24.3 Å². The van der Waals surface area contributed by atoms with Crippen LogP contribution in [0.15, 0.2) is 45.6 Å². The monoisotopic (exact) mass is 918 g/mol. The predicted molar refractivity (Wildman–Crippen MR) is 188 cm³/mol. The molecule has 0 bridgehead atoms. The van der Waals surface area contributed by atoms with Gasteiger partial charge in [-0.05, 0) is 83.8 Å². The topological polar surface area (TPSA) is 227 Å². The second kappa shape index (κ2) is 16.0. The minimum absolute atomic E-state index is 0.0151. The Morgan fingerprint density at radius 2 is 1.09 bits per heavy atom. The number of anilines is 2. The molecule has 26 heteroatoms. The van der Waals surface area contributed by atoms with E-state index in [4.69, 9.17) is 20.9 Å². The number of hydrogen-bond donors (Lipinski definition) is 2. The van der Waals surface area contributed by atoms with E-state index in [-0.39, 0.29) is 64.2 Å². The third-order valence-electron chi connectivity index (χ3n) is 6.90. The summed E-state index contributed by atoms with van der Waals surface area (Å²) >= 11 is 6.37. The van der Waals surface area contributed by atoms with Gasteiger partial charge in [-0.25, -0.2) is 23.6 Å². The molecule has 6 heterocycles. The summed E-state index contributed by atoms with van der Waals surface area (Å²) in [6, 6.07) is 4.53. The Morgan fingerprint density at radius 3 is 1.59 bits per heavy atom. The summed E-state index contributed by atoms with van der Waals surface area (Å²) in [5, 5.41) is 15.2. The summed E-state index contributed by atoms with van der Waals surface area (Å²) in [5.74, 6) is -1.66. The first-order chi connectivity index (χ1) is 26.2. The fourth-order valence-corrected chi connectivity index (χ4v) is 5.27. The number of esters is 2. The molecule has 0 amide bonds. The molecule has 6 aromatic heterocycles. The van der Waals surface area contributed by atoms with E-state index in [0.717, 1.165) is 17.1 Å². The third-order valence-corrected chi connectivity index (χ3v) is 8.42. The van der Waals surface area contributed by atoms with Crippen LogP contribution in [0, 0.1) is 13.8 Å². The molecule has 0 atom stereocenters. The second-order valence-electron chi connectivity index (χ2n) is 11.0. The molecule has 0 fully saturated rings. The van der Waals surface area contributed by atoms with E-state index in [1.807, 2.05) is 0 Å². The fourth-order valence-electron chi connectivity index (χ4n) is 4.56. The zero-order valence-electron chi connectivity index (χ0n) is 29.1. The van der Waals surface area contributed by atoms with Gasteiger partial charge in [-0.2, -0.15) is 71.4 Å². The summed E-state index contributed by atoms with van der Waals surface area (Å²) in [5.41, 5.74) is 10.8. The van der Waals surface area contributed by atoms with Gasteiger partial charge in [0.05, 0.1) is 24.6 Å². The number of carbonyl (C=O) groups is 2. The van der Waals surface area contributed by atoms with Crippen LogP contribution >= 0.6 is 31.9 Å². The molecular formula is C30H26Br2F6N14O4. The molecule has 0 aliphatic rings. The smallest absolute Gasteiger partial charge is 0.435 e. The van der Waals surface area contributed by atoms with Crippen LogP contribution in [0.5, 0.6) is 0 Å². The van der Waals surface area contributed by atoms with E-state index in [0.29, 0.717) is 32.7 Å². The number of nitrogens with two attached hydrogens (primary N) is 2. The Kier molecular flexibility index (Phi) is 11.8. The van der Waals surface area contributed by atoms with Gasteiger partial charge in [0, 0.05) is 12.4 Å². The Hall–Kier alpha value is -5.92. The van der Waals surface area contributed by atoms with Crippen LogP contribution in [0.3, 0.4) is 0 Å². The molecule has 18 nitrogen and oxygen atoms in total. The lowest BCUT2D eigenvalue weighted by atomic mass is 10.3. The molecular weight excluding hydrogens is 894 g/mol. The van der Waals surface area contributed by atoms with Crippen LogP contribution in [0.2, 0.25) is 0 Å². The number of halogens is 8. The highest BCUT2D eigenvalue weighted by molar-refractivity contribution is 9.11. The zero-order chi connectivity index (χ0) is 41.3. The van der Waals surface area contributed by atoms with Crippen LogP contribution in [0.1, 0.15) is 57.6 Å². The van der Waals surface area contributed by atoms with Crippen LogP contribution in [0.4, 0.5) is 38.0 Å². The molecule has 0 aliphatic carbocycles. The minimum atomic E-state index is -4.68. The third kappa shape index (κ3) is 8.79. The predicted octanol–water partition coefficient (Wildman–Crippen LogP) is 5.39. The largest absolute Gasteiger partial charge is 0.461 e. The van der Waals surface area contributed by atoms with Crippen molar-refractivity contribution >= 4 is 55.4 Å². The first-order valence-corrected chi connectivity index (χ1v) is 17.2. The standard InChI is InChI=1S/C18H20BrN7O4.C12H6BrF6N7/c1-5-29-16(27)11-7-9(3)23-25(11)15-13(19)14(20)21-18(22-15)26-12(8-10(4)24-26)17(28)30-6-2;13-7-8(20)21-10(26-4-2-6(24-26)12(17,18)19)22-9(7)25-3-1-5(23-25)11(14,15)16/h7-8H,5-6H2,1-4H3,(H2,20,21,22);1-4H,(H2,20,21,22). The maximum Gasteiger partial charge on any atom is 0.435 e. The minimum Gasteiger partial charge on any atom is -0.461 e. The molecule has 0 saturated heterocycles. The number of aromatic nitrogens is 12. The number of ether oxygens (including phenoxy) is 2. The number of nitrogen functional groups attached to an aromatic ring is 2. The van der Waals surface area contributed by atoms with Crippen molar-refractivity contribution in [2.45, 2.75) is 40.0 Å². The van der Waals surface area contributed by atoms with Crippen LogP contribution in [-0.4, -0.2) is 84.2 Å². The van der Waals surface area contributed by atoms with E-state index in [1.165, 1.54) is 9.36 Å². The first kappa shape index (κ1) is 41.2. The average molecular weight is 920 g/mol. The van der Waals surface area contributed by atoms with E-state index in [9.17, 15) is 35.9 Å². The Morgan fingerprint density at radius 1 is 0.661 bits per heavy atom. The van der Waals surface area contributed by atoms with Gasteiger partial charge < -0.3 is 20.9 Å². The van der Waals surface area contributed by atoms with Crippen LogP contribution in [0.25, 0.3) is 23.5 Å². The Labute approximate surface area is 327 Å². The Balaban J connectivity index is 0.000000216. The number of rotatable bonds is 8. The molecule has 6 rings (SSSR count). The summed E-state index contributed by atoms with van der Waals surface area (Å²) in [6.07, 6.45) is -7.44. The summed E-state index contributed by atoms with van der Waals surface area (Å²) in [7, 11) is 0. The SMILES string of the molecule is CCOC(=O)c1cc(C)nn1-c1nc(N)c(Br)c(-n2nc(C)cc2C(=O)OCC)n1.Nc1nc(-n2ccc(C(F)(F)F)n2)nc(-n2ccc(C(F)(F)F)n2)c1Br. The van der Waals surface area contributed by atoms with Gasteiger partial charge in [0.25, 0.3) is 11.9 Å². The van der Waals surface area contributed by atoms with Gasteiger partial charge in [0.1, 0.15) is 20.6 Å². The Bertz CT molecular complexity index is 2420. The van der Waals surface area contributed by atoms with E-state index < -0.39 is 35.7 Å². The van der Waals surface area contributed by atoms with Crippen molar-refractivity contribution < 1.29 is 45.4 Å². The van der Waals surface area contributed by atoms with Crippen molar-refractivity contribution in [2.24, 2.45) is 0 Å². The molecule has 0 saturated carbocycles. The van der Waals surface area contributed by atoms with Gasteiger partial charge in [-0.15, -0.1) is 0 Å². The van der Waals surface area contributed by atoms with Crippen LogP contribution in [-0.2, 0) is 21.8 Å². The lowest BCUT2D eigenvalue weighted by Crippen LogP contribution is -2.18. The molecule has 0 radical (unpaired) electrons. The molecule has 0 unspecified atom stereocenters. The van der Waals surface area contributed by atoms with Crippen molar-refractivity contribution in [1.82, 2.24) is 59.1 Å². The average Bonchev–Trinajstić information content (AvgIpc) is 3.94. The van der Waals surface area contributed by atoms with Crippen LogP contribution < -0.4 is 11.5 Å². The normalized spacial score (nSPS) is 11.6. The van der Waals surface area contributed by atoms with Crippen molar-refractivity contribution in [3.63, 3.8) is 0 Å². The maximum absolute atomic E-state index is 12.7. The lowest BCUT2D eigenvalue weighted by molar-refractivity contribution is -0.142. The van der Waals surface area contributed by atoms with Gasteiger partial charge in [0.2, 0.25) is 0 Å². The van der Waals surface area contributed by atoms with Crippen molar-refractivity contribution in [3.05, 3.63) is 79.8 Å². The number of aryl methyl sites for hydroxylation is 2. The summed E-state index contributed by atoms with van der Waals surface area (Å²) in [4.78, 5) is 41.0. The van der Waals surface area contributed by atoms with Crippen molar-refractivity contribution in [1.29, 1.82) is 0 Å². The number of alkyl halides is 6. The molecule has 56 heavy (non-hydrogen) atoms. The van der Waals surface area contributed by atoms with Crippen molar-refractivity contribution in [3.8, 4) is 23.5 Å². The number of carbonyl (C=O) groups excluding carboxylic acids is 2. The lowest BCUT2D eigenvalue weighted by Gasteiger charge is -2.12. The fraction of sp³-hybridized carbons (Fsp3) is 0.267. The summed E-state index contributed by atoms with van der Waals surface area (Å²) in [6.45, 7) is 7.27. The molecule has 4 N–H and O–H groups in total. The maximum atomic E-state index is 12.7. The molecule has 0 spiro atoms. The molecule has 0 aromatic carbocycles. The number of nitrogens with zero attached hydrogens (tertiary/aromatic N) is 12. The van der Waals surface area contributed by atoms with E-state index >= 15 is 0 Å². The van der Waals surface area contributed by atoms with E-state index in [2.05, 4.69) is 72.2 Å². The summed E-state index contributed by atoms with van der Waals surface area (Å²) < 4.78 is 90.5. The molecule has 0 aliphatic heterocycles. The highest BCUT2D eigenvalue weighted by Crippen LogP contribution is 2.32. The first-order valence-electron chi connectivity index (χ1n) is 15.6. The van der Waals surface area contributed by atoms with E-state index in [1.54, 1.807) is 39.8 Å². The molecule has 6 aromatic rings. The van der Waals surface area contributed by atoms with Crippen molar-refractivity contribution in [2.75, 3.05) is 24.7 Å².